The molecule has 1 amide bonds. The van der Waals surface area contributed by atoms with Gasteiger partial charge in [0, 0.05) is 12.1 Å². The first-order valence-corrected chi connectivity index (χ1v) is 5.67. The van der Waals surface area contributed by atoms with Gasteiger partial charge in [0.1, 0.15) is 0 Å². The SMILES string of the molecule is O=C(NC1CCCCC1)c1cc(C(=O)O)on1. The average molecular weight is 238 g/mol. The number of aromatic carboxylic acids is 1. The number of nitrogens with zero attached hydrogens (tertiary/aromatic N) is 1. The fraction of sp³-hybridized carbons (Fsp3) is 0.545. The molecule has 0 unspecified atom stereocenters. The maximum atomic E-state index is 11.7. The van der Waals surface area contributed by atoms with Crippen LogP contribution in [0.5, 0.6) is 0 Å². The van der Waals surface area contributed by atoms with Gasteiger partial charge < -0.3 is 14.9 Å². The van der Waals surface area contributed by atoms with Crippen LogP contribution in [0.4, 0.5) is 0 Å². The van der Waals surface area contributed by atoms with E-state index in [2.05, 4.69) is 15.0 Å². The number of carboxylic acids is 1. The van der Waals surface area contributed by atoms with Gasteiger partial charge in [-0.15, -0.1) is 0 Å². The van der Waals surface area contributed by atoms with Crippen molar-refractivity contribution in [2.45, 2.75) is 38.1 Å². The second kappa shape index (κ2) is 4.99. The van der Waals surface area contributed by atoms with Crippen LogP contribution in [0.15, 0.2) is 10.6 Å². The Morgan fingerprint density at radius 3 is 2.65 bits per heavy atom. The molecule has 6 heteroatoms. The normalized spacial score (nSPS) is 16.7. The molecule has 0 spiro atoms. The number of amides is 1. The highest BCUT2D eigenvalue weighted by molar-refractivity contribution is 5.94. The van der Waals surface area contributed by atoms with Crippen LogP contribution in [0.1, 0.15) is 53.1 Å². The highest BCUT2D eigenvalue weighted by Crippen LogP contribution is 2.17. The van der Waals surface area contributed by atoms with E-state index >= 15 is 0 Å². The molecule has 1 saturated carbocycles. The Morgan fingerprint density at radius 1 is 1.35 bits per heavy atom. The number of nitrogens with one attached hydrogen (secondary N) is 1. The van der Waals surface area contributed by atoms with Gasteiger partial charge in [0.25, 0.3) is 5.91 Å². The molecule has 1 fully saturated rings. The molecule has 6 nitrogen and oxygen atoms in total. The highest BCUT2D eigenvalue weighted by atomic mass is 16.5. The summed E-state index contributed by atoms with van der Waals surface area (Å²) in [6, 6.07) is 1.31. The van der Waals surface area contributed by atoms with Crippen LogP contribution in [0.3, 0.4) is 0 Å². The first kappa shape index (κ1) is 11.6. The van der Waals surface area contributed by atoms with Crippen LogP contribution in [-0.4, -0.2) is 28.2 Å². The lowest BCUT2D eigenvalue weighted by Crippen LogP contribution is -2.36. The zero-order valence-electron chi connectivity index (χ0n) is 9.31. The number of hydrogen-bond donors (Lipinski definition) is 2. The molecule has 0 radical (unpaired) electrons. The lowest BCUT2D eigenvalue weighted by atomic mass is 9.95. The Labute approximate surface area is 98.0 Å². The summed E-state index contributed by atoms with van der Waals surface area (Å²) in [5.41, 5.74) is 0.0213. The van der Waals surface area contributed by atoms with Gasteiger partial charge >= 0.3 is 5.97 Å². The summed E-state index contributed by atoms with van der Waals surface area (Å²) in [4.78, 5) is 22.3. The number of aromatic nitrogens is 1. The van der Waals surface area contributed by atoms with E-state index in [1.165, 1.54) is 6.42 Å². The minimum atomic E-state index is -1.23. The predicted molar refractivity (Wildman–Crippen MR) is 57.8 cm³/mol. The molecular weight excluding hydrogens is 224 g/mol. The van der Waals surface area contributed by atoms with E-state index in [0.717, 1.165) is 31.7 Å². The van der Waals surface area contributed by atoms with Crippen molar-refractivity contribution in [1.82, 2.24) is 10.5 Å². The van der Waals surface area contributed by atoms with Gasteiger partial charge in [-0.25, -0.2) is 4.79 Å². The van der Waals surface area contributed by atoms with Gasteiger partial charge in [0.05, 0.1) is 0 Å². The van der Waals surface area contributed by atoms with Crippen molar-refractivity contribution in [3.8, 4) is 0 Å². The predicted octanol–water partition coefficient (Wildman–Crippen LogP) is 1.44. The summed E-state index contributed by atoms with van der Waals surface area (Å²) in [6.07, 6.45) is 5.37. The monoisotopic (exact) mass is 238 g/mol. The maximum absolute atomic E-state index is 11.7. The molecule has 0 aromatic carbocycles. The van der Waals surface area contributed by atoms with E-state index in [9.17, 15) is 9.59 Å². The zero-order valence-corrected chi connectivity index (χ0v) is 9.31. The molecule has 1 aromatic heterocycles. The summed E-state index contributed by atoms with van der Waals surface area (Å²) in [6.45, 7) is 0. The van der Waals surface area contributed by atoms with Crippen LogP contribution in [-0.2, 0) is 0 Å². The Kier molecular flexibility index (Phi) is 3.41. The van der Waals surface area contributed by atoms with E-state index in [1.807, 2.05) is 0 Å². The molecule has 1 heterocycles. The topological polar surface area (TPSA) is 92.4 Å². The van der Waals surface area contributed by atoms with Crippen molar-refractivity contribution < 1.29 is 19.2 Å². The summed E-state index contributed by atoms with van der Waals surface area (Å²) in [5, 5.41) is 14.9. The molecule has 0 bridgehead atoms. The van der Waals surface area contributed by atoms with Crippen LogP contribution >= 0.6 is 0 Å². The van der Waals surface area contributed by atoms with Gasteiger partial charge in [-0.3, -0.25) is 4.79 Å². The maximum Gasteiger partial charge on any atom is 0.374 e. The summed E-state index contributed by atoms with van der Waals surface area (Å²) < 4.78 is 4.53. The number of carbonyl (C=O) groups excluding carboxylic acids is 1. The highest BCUT2D eigenvalue weighted by Gasteiger charge is 2.20. The molecule has 1 aliphatic rings. The van der Waals surface area contributed by atoms with E-state index in [-0.39, 0.29) is 23.4 Å². The molecule has 0 aliphatic heterocycles. The minimum absolute atomic E-state index is 0.0213. The lowest BCUT2D eigenvalue weighted by Gasteiger charge is -2.22. The van der Waals surface area contributed by atoms with Gasteiger partial charge in [-0.05, 0) is 12.8 Å². The second-order valence-corrected chi connectivity index (χ2v) is 4.19. The molecule has 1 aromatic rings. The fourth-order valence-corrected chi connectivity index (χ4v) is 1.99. The van der Waals surface area contributed by atoms with E-state index in [1.54, 1.807) is 0 Å². The Hall–Kier alpha value is -1.85. The molecule has 0 atom stereocenters. The Morgan fingerprint density at radius 2 is 2.06 bits per heavy atom. The largest absolute Gasteiger partial charge is 0.475 e. The van der Waals surface area contributed by atoms with E-state index in [0.29, 0.717) is 0 Å². The molecule has 2 N–H and O–H groups in total. The molecule has 92 valence electrons. The van der Waals surface area contributed by atoms with Crippen molar-refractivity contribution in [1.29, 1.82) is 0 Å². The van der Waals surface area contributed by atoms with E-state index in [4.69, 9.17) is 5.11 Å². The molecule has 17 heavy (non-hydrogen) atoms. The van der Waals surface area contributed by atoms with Crippen molar-refractivity contribution in [3.63, 3.8) is 0 Å². The Balaban J connectivity index is 1.96. The van der Waals surface area contributed by atoms with Crippen molar-refractivity contribution in [2.75, 3.05) is 0 Å². The lowest BCUT2D eigenvalue weighted by molar-refractivity contribution is 0.0651. The number of hydrogen-bond acceptors (Lipinski definition) is 4. The third-order valence-corrected chi connectivity index (χ3v) is 2.89. The third-order valence-electron chi connectivity index (χ3n) is 2.89. The minimum Gasteiger partial charge on any atom is -0.475 e. The summed E-state index contributed by atoms with van der Waals surface area (Å²) >= 11 is 0. The van der Waals surface area contributed by atoms with E-state index < -0.39 is 5.97 Å². The quantitative estimate of drug-likeness (QED) is 0.831. The van der Waals surface area contributed by atoms with Gasteiger partial charge in [-0.2, -0.15) is 0 Å². The van der Waals surface area contributed by atoms with Crippen LogP contribution in [0.25, 0.3) is 0 Å². The third kappa shape index (κ3) is 2.83. The Bertz CT molecular complexity index is 421. The molecular formula is C11H14N2O4. The van der Waals surface area contributed by atoms with Crippen molar-refractivity contribution in [2.24, 2.45) is 0 Å². The van der Waals surface area contributed by atoms with Gasteiger partial charge in [-0.1, -0.05) is 24.4 Å². The first-order chi connectivity index (χ1) is 8.16. The smallest absolute Gasteiger partial charge is 0.374 e. The molecule has 2 rings (SSSR count). The number of carboxylic acid groups (broad SMARTS) is 1. The van der Waals surface area contributed by atoms with Gasteiger partial charge in [0.15, 0.2) is 5.69 Å². The first-order valence-electron chi connectivity index (χ1n) is 5.67. The van der Waals surface area contributed by atoms with Crippen molar-refractivity contribution in [3.05, 3.63) is 17.5 Å². The number of carbonyl (C=O) groups is 2. The zero-order chi connectivity index (χ0) is 12.3. The summed E-state index contributed by atoms with van der Waals surface area (Å²) in [7, 11) is 0. The second-order valence-electron chi connectivity index (χ2n) is 4.19. The van der Waals surface area contributed by atoms with Crippen LogP contribution in [0, 0.1) is 0 Å². The summed E-state index contributed by atoms with van der Waals surface area (Å²) in [5.74, 6) is -1.92. The van der Waals surface area contributed by atoms with Crippen molar-refractivity contribution >= 4 is 11.9 Å². The molecule has 0 saturated heterocycles. The number of rotatable bonds is 3. The van der Waals surface area contributed by atoms with Gasteiger partial charge in [0.2, 0.25) is 5.76 Å². The van der Waals surface area contributed by atoms with Crippen LogP contribution < -0.4 is 5.32 Å². The average Bonchev–Trinajstić information content (AvgIpc) is 2.79. The molecule has 1 aliphatic carbocycles. The van der Waals surface area contributed by atoms with Crippen LogP contribution in [0.2, 0.25) is 0 Å². The standard InChI is InChI=1S/C11H14N2O4/c14-10(12-7-4-2-1-3-5-7)8-6-9(11(15)16)17-13-8/h6-7H,1-5H2,(H,12,14)(H,15,16). The fourth-order valence-electron chi connectivity index (χ4n) is 1.99.